The topological polar surface area (TPSA) is 131 Å². The molecule has 9 nitrogen and oxygen atoms in total. The van der Waals surface area contributed by atoms with E-state index in [1.54, 1.807) is 39.8 Å². The molecule has 0 aliphatic heterocycles. The van der Waals surface area contributed by atoms with Crippen molar-refractivity contribution in [1.82, 2.24) is 0 Å². The number of nitrogens with two attached hydrogens (primary N) is 1. The van der Waals surface area contributed by atoms with Crippen molar-refractivity contribution in [3.63, 3.8) is 0 Å². The van der Waals surface area contributed by atoms with Gasteiger partial charge < -0.3 is 24.7 Å². The second-order valence-corrected chi connectivity index (χ2v) is 9.90. The number of rotatable bonds is 16. The van der Waals surface area contributed by atoms with Crippen LogP contribution in [0.15, 0.2) is 18.2 Å². The maximum Gasteiger partial charge on any atom is 0.323 e. The largest absolute Gasteiger partial charge is 0.459 e. The molecule has 0 aliphatic rings. The fraction of sp³-hybridized carbons (Fsp3) is 0.655. The van der Waals surface area contributed by atoms with Gasteiger partial charge in [0.25, 0.3) is 0 Å². The van der Waals surface area contributed by atoms with Crippen molar-refractivity contribution in [3.05, 3.63) is 23.8 Å². The molecule has 214 valence electrons. The SMILES string of the molecule is CCCC(=O)O[C@@H](C)[C@H](C)OC(=O)[C@@H](N)Cc1ccc(OC(=O)C(C)CCC)c(OC(=O)C(C)CCC)c1. The molecule has 1 aromatic carbocycles. The standard InChI is InChI=1S/C29H45NO8/c1-8-11-18(4)27(32)37-24-15-14-22(17-25(24)38-28(33)19(5)12-9-2)16-23(30)29(34)36-21(7)20(6)35-26(31)13-10-3/h14-15,17-21,23H,8-13,16,30H2,1-7H3/t18?,19?,20-,21-,23-/m0/s1. The molecule has 5 atom stereocenters. The Hall–Kier alpha value is -2.94. The molecule has 0 bridgehead atoms. The van der Waals surface area contributed by atoms with E-state index >= 15 is 0 Å². The second-order valence-electron chi connectivity index (χ2n) is 9.90. The van der Waals surface area contributed by atoms with Crippen LogP contribution in [0.5, 0.6) is 11.5 Å². The summed E-state index contributed by atoms with van der Waals surface area (Å²) < 4.78 is 21.8. The second kappa shape index (κ2) is 16.8. The summed E-state index contributed by atoms with van der Waals surface area (Å²) in [5, 5.41) is 0. The average molecular weight is 536 g/mol. The van der Waals surface area contributed by atoms with E-state index in [4.69, 9.17) is 24.7 Å². The maximum absolute atomic E-state index is 12.6. The molecule has 0 saturated carbocycles. The van der Waals surface area contributed by atoms with Gasteiger partial charge in [-0.15, -0.1) is 0 Å². The first-order valence-corrected chi connectivity index (χ1v) is 13.6. The average Bonchev–Trinajstić information content (AvgIpc) is 2.85. The van der Waals surface area contributed by atoms with Gasteiger partial charge in [0.15, 0.2) is 11.5 Å². The normalized spacial score (nSPS) is 14.9. The van der Waals surface area contributed by atoms with Crippen molar-refractivity contribution in [3.8, 4) is 11.5 Å². The molecule has 0 fully saturated rings. The van der Waals surface area contributed by atoms with Gasteiger partial charge in [0.2, 0.25) is 0 Å². The third-order valence-corrected chi connectivity index (χ3v) is 6.17. The first kappa shape index (κ1) is 33.1. The van der Waals surface area contributed by atoms with Crippen molar-refractivity contribution in [2.24, 2.45) is 17.6 Å². The Labute approximate surface area is 226 Å². The summed E-state index contributed by atoms with van der Waals surface area (Å²) in [5.41, 5.74) is 6.70. The lowest BCUT2D eigenvalue weighted by Crippen LogP contribution is -2.39. The van der Waals surface area contributed by atoms with Gasteiger partial charge in [-0.1, -0.05) is 53.5 Å². The zero-order valence-electron chi connectivity index (χ0n) is 23.9. The van der Waals surface area contributed by atoms with Crippen LogP contribution in [0.4, 0.5) is 0 Å². The zero-order valence-corrected chi connectivity index (χ0v) is 23.9. The summed E-state index contributed by atoms with van der Waals surface area (Å²) >= 11 is 0. The van der Waals surface area contributed by atoms with E-state index in [0.29, 0.717) is 24.8 Å². The van der Waals surface area contributed by atoms with Gasteiger partial charge in [-0.2, -0.15) is 0 Å². The smallest absolute Gasteiger partial charge is 0.323 e. The quantitative estimate of drug-likeness (QED) is 0.232. The predicted octanol–water partition coefficient (Wildman–Crippen LogP) is 4.90. The molecule has 2 N–H and O–H groups in total. The summed E-state index contributed by atoms with van der Waals surface area (Å²) in [4.78, 5) is 49.5. The molecular weight excluding hydrogens is 490 g/mol. The first-order chi connectivity index (χ1) is 17.9. The van der Waals surface area contributed by atoms with Crippen LogP contribution >= 0.6 is 0 Å². The van der Waals surface area contributed by atoms with Crippen molar-refractivity contribution in [2.75, 3.05) is 0 Å². The lowest BCUT2D eigenvalue weighted by atomic mass is 10.0. The lowest BCUT2D eigenvalue weighted by molar-refractivity contribution is -0.166. The third kappa shape index (κ3) is 11.2. The molecule has 2 unspecified atom stereocenters. The van der Waals surface area contributed by atoms with Crippen LogP contribution < -0.4 is 15.2 Å². The number of carbonyl (C=O) groups excluding carboxylic acids is 4. The van der Waals surface area contributed by atoms with Gasteiger partial charge in [-0.05, 0) is 57.2 Å². The fourth-order valence-electron chi connectivity index (χ4n) is 3.63. The van der Waals surface area contributed by atoms with Crippen LogP contribution in [0.1, 0.15) is 92.6 Å². The van der Waals surface area contributed by atoms with Crippen molar-refractivity contribution in [2.45, 2.75) is 112 Å². The summed E-state index contributed by atoms with van der Waals surface area (Å²) in [7, 11) is 0. The van der Waals surface area contributed by atoms with Crippen LogP contribution in [-0.4, -0.2) is 42.1 Å². The van der Waals surface area contributed by atoms with Gasteiger partial charge in [0.1, 0.15) is 18.2 Å². The van der Waals surface area contributed by atoms with Crippen LogP contribution in [-0.2, 0) is 35.1 Å². The van der Waals surface area contributed by atoms with E-state index in [1.807, 2.05) is 20.8 Å². The highest BCUT2D eigenvalue weighted by Crippen LogP contribution is 2.31. The molecule has 0 amide bonds. The minimum atomic E-state index is -1.02. The van der Waals surface area contributed by atoms with Crippen molar-refractivity contribution < 1.29 is 38.1 Å². The van der Waals surface area contributed by atoms with Gasteiger partial charge >= 0.3 is 23.9 Å². The molecular formula is C29H45NO8. The number of hydrogen-bond donors (Lipinski definition) is 1. The Bertz CT molecular complexity index is 931. The molecule has 0 heterocycles. The highest BCUT2D eigenvalue weighted by Gasteiger charge is 2.25. The Kier molecular flexibility index (Phi) is 14.6. The summed E-state index contributed by atoms with van der Waals surface area (Å²) in [5.74, 6) is -2.28. The minimum absolute atomic E-state index is 0.0884. The Morgan fingerprint density at radius 3 is 1.79 bits per heavy atom. The maximum atomic E-state index is 12.6. The zero-order chi connectivity index (χ0) is 28.8. The minimum Gasteiger partial charge on any atom is -0.459 e. The number of esters is 4. The van der Waals surface area contributed by atoms with Gasteiger partial charge in [0, 0.05) is 6.42 Å². The predicted molar refractivity (Wildman–Crippen MR) is 144 cm³/mol. The number of carbonyl (C=O) groups is 4. The van der Waals surface area contributed by atoms with E-state index in [-0.39, 0.29) is 42.1 Å². The van der Waals surface area contributed by atoms with E-state index in [1.165, 1.54) is 6.07 Å². The summed E-state index contributed by atoms with van der Waals surface area (Å²) in [6.07, 6.45) is 2.71. The highest BCUT2D eigenvalue weighted by atomic mass is 16.6. The molecule has 38 heavy (non-hydrogen) atoms. The van der Waals surface area contributed by atoms with Crippen LogP contribution in [0.2, 0.25) is 0 Å². The van der Waals surface area contributed by atoms with E-state index < -0.39 is 36.2 Å². The molecule has 0 aromatic heterocycles. The van der Waals surface area contributed by atoms with Crippen LogP contribution in [0.25, 0.3) is 0 Å². The van der Waals surface area contributed by atoms with Crippen LogP contribution in [0.3, 0.4) is 0 Å². The molecule has 0 aliphatic carbocycles. The van der Waals surface area contributed by atoms with E-state index in [9.17, 15) is 19.2 Å². The van der Waals surface area contributed by atoms with E-state index in [2.05, 4.69) is 0 Å². The van der Waals surface area contributed by atoms with Gasteiger partial charge in [-0.3, -0.25) is 19.2 Å². The summed E-state index contributed by atoms with van der Waals surface area (Å²) in [6, 6.07) is 3.73. The van der Waals surface area contributed by atoms with Gasteiger partial charge in [-0.25, -0.2) is 0 Å². The van der Waals surface area contributed by atoms with E-state index in [0.717, 1.165) is 12.8 Å². The number of hydrogen-bond acceptors (Lipinski definition) is 9. The Balaban J connectivity index is 3.00. The Morgan fingerprint density at radius 1 is 0.737 bits per heavy atom. The first-order valence-electron chi connectivity index (χ1n) is 13.6. The molecule has 0 saturated heterocycles. The lowest BCUT2D eigenvalue weighted by Gasteiger charge is -2.22. The van der Waals surface area contributed by atoms with Crippen LogP contribution in [0, 0.1) is 11.8 Å². The monoisotopic (exact) mass is 535 g/mol. The van der Waals surface area contributed by atoms with Crippen molar-refractivity contribution >= 4 is 23.9 Å². The molecule has 0 spiro atoms. The highest BCUT2D eigenvalue weighted by molar-refractivity contribution is 5.79. The molecule has 1 aromatic rings. The van der Waals surface area contributed by atoms with Crippen molar-refractivity contribution in [1.29, 1.82) is 0 Å². The number of ether oxygens (including phenoxy) is 4. The summed E-state index contributed by atoms with van der Waals surface area (Å²) in [6.45, 7) is 12.7. The molecule has 1 rings (SSSR count). The molecule has 9 heteroatoms. The Morgan fingerprint density at radius 2 is 1.26 bits per heavy atom. The molecule has 0 radical (unpaired) electrons. The fourth-order valence-corrected chi connectivity index (χ4v) is 3.63. The van der Waals surface area contributed by atoms with Gasteiger partial charge in [0.05, 0.1) is 11.8 Å². The third-order valence-electron chi connectivity index (χ3n) is 6.17. The number of benzene rings is 1.